The van der Waals surface area contributed by atoms with Gasteiger partial charge in [-0.2, -0.15) is 0 Å². The molecule has 0 aromatic heterocycles. The Kier molecular flexibility index (Phi) is 5.44. The van der Waals surface area contributed by atoms with Crippen LogP contribution in [0.25, 0.3) is 11.1 Å². The number of hydrogen-bond acceptors (Lipinski definition) is 0. The van der Waals surface area contributed by atoms with E-state index in [1.54, 1.807) is 12.1 Å². The van der Waals surface area contributed by atoms with Gasteiger partial charge in [0.05, 0.1) is 0 Å². The van der Waals surface area contributed by atoms with Crippen molar-refractivity contribution in [1.82, 2.24) is 0 Å². The second kappa shape index (κ2) is 8.02. The molecule has 4 rings (SSSR count). The normalized spacial score (nSPS) is 16.0. The molecule has 0 heterocycles. The summed E-state index contributed by atoms with van der Waals surface area (Å²) in [7, 11) is 0. The summed E-state index contributed by atoms with van der Waals surface area (Å²) in [5, 5.41) is 0. The lowest BCUT2D eigenvalue weighted by atomic mass is 9.79. The molecule has 0 spiro atoms. The summed E-state index contributed by atoms with van der Waals surface area (Å²) in [4.78, 5) is 0. The minimum absolute atomic E-state index is 0.0191. The molecule has 150 valence electrons. The van der Waals surface area contributed by atoms with Crippen LogP contribution in [-0.2, 0) is 19.3 Å². The summed E-state index contributed by atoms with van der Waals surface area (Å²) in [6, 6.07) is 12.2. The Morgan fingerprint density at radius 1 is 0.828 bits per heavy atom. The van der Waals surface area contributed by atoms with Gasteiger partial charge in [-0.3, -0.25) is 0 Å². The van der Waals surface area contributed by atoms with E-state index in [4.69, 9.17) is 0 Å². The largest absolute Gasteiger partial charge is 0.207 e. The first-order chi connectivity index (χ1) is 14.0. The highest BCUT2D eigenvalue weighted by molar-refractivity contribution is 5.67. The van der Waals surface area contributed by atoms with Crippen molar-refractivity contribution in [1.29, 1.82) is 0 Å². The van der Waals surface area contributed by atoms with Crippen LogP contribution in [0.3, 0.4) is 0 Å². The number of benzene rings is 3. The fourth-order valence-corrected chi connectivity index (χ4v) is 4.31. The van der Waals surface area contributed by atoms with Crippen molar-refractivity contribution in [3.8, 4) is 11.1 Å². The Labute approximate surface area is 168 Å². The zero-order chi connectivity index (χ0) is 20.5. The van der Waals surface area contributed by atoms with Gasteiger partial charge in [0.15, 0.2) is 11.6 Å². The van der Waals surface area contributed by atoms with Crippen molar-refractivity contribution < 1.29 is 17.6 Å². The maximum atomic E-state index is 14.8. The van der Waals surface area contributed by atoms with E-state index in [0.717, 1.165) is 42.0 Å². The van der Waals surface area contributed by atoms with E-state index in [1.165, 1.54) is 18.2 Å². The van der Waals surface area contributed by atoms with Gasteiger partial charge in [-0.05, 0) is 78.1 Å². The van der Waals surface area contributed by atoms with E-state index in [0.29, 0.717) is 18.4 Å². The van der Waals surface area contributed by atoms with Gasteiger partial charge in [0.2, 0.25) is 0 Å². The smallest absolute Gasteiger partial charge is 0.166 e. The zero-order valence-corrected chi connectivity index (χ0v) is 16.2. The molecule has 0 bridgehead atoms. The summed E-state index contributed by atoms with van der Waals surface area (Å²) in [6.45, 7) is 2.06. The molecule has 29 heavy (non-hydrogen) atoms. The first-order valence-corrected chi connectivity index (χ1v) is 10.0. The monoisotopic (exact) mass is 398 g/mol. The SMILES string of the molecule is CCCc1ccc(C2CCc3cc(-c4cccc(F)c4F)c(F)cc3C2)c(F)c1. The maximum absolute atomic E-state index is 14.8. The van der Waals surface area contributed by atoms with Crippen LogP contribution in [0.1, 0.15) is 47.9 Å². The van der Waals surface area contributed by atoms with Gasteiger partial charge in [0.25, 0.3) is 0 Å². The predicted octanol–water partition coefficient (Wildman–Crippen LogP) is 7.14. The minimum Gasteiger partial charge on any atom is -0.207 e. The van der Waals surface area contributed by atoms with Crippen molar-refractivity contribution in [3.05, 3.63) is 94.1 Å². The van der Waals surface area contributed by atoms with Crippen molar-refractivity contribution in [3.63, 3.8) is 0 Å². The van der Waals surface area contributed by atoms with Crippen LogP contribution in [0.4, 0.5) is 17.6 Å². The van der Waals surface area contributed by atoms with Crippen LogP contribution in [-0.4, -0.2) is 0 Å². The molecule has 0 saturated carbocycles. The molecular formula is C25H22F4. The van der Waals surface area contributed by atoms with Gasteiger partial charge in [0, 0.05) is 11.1 Å². The third-order valence-corrected chi connectivity index (χ3v) is 5.80. The fraction of sp³-hybridized carbons (Fsp3) is 0.280. The molecule has 3 aromatic carbocycles. The summed E-state index contributed by atoms with van der Waals surface area (Å²) in [5.74, 6) is -2.86. The molecule has 1 aliphatic carbocycles. The molecule has 1 aliphatic rings. The van der Waals surface area contributed by atoms with Crippen molar-refractivity contribution in [2.45, 2.75) is 44.9 Å². The average Bonchev–Trinajstić information content (AvgIpc) is 2.70. The predicted molar refractivity (Wildman–Crippen MR) is 107 cm³/mol. The third-order valence-electron chi connectivity index (χ3n) is 5.80. The Morgan fingerprint density at radius 2 is 1.66 bits per heavy atom. The topological polar surface area (TPSA) is 0 Å². The Morgan fingerprint density at radius 3 is 2.41 bits per heavy atom. The Hall–Kier alpha value is -2.62. The van der Waals surface area contributed by atoms with Crippen molar-refractivity contribution in [2.24, 2.45) is 0 Å². The van der Waals surface area contributed by atoms with Crippen LogP contribution < -0.4 is 0 Å². The molecular weight excluding hydrogens is 376 g/mol. The first kappa shape index (κ1) is 19.7. The highest BCUT2D eigenvalue weighted by Gasteiger charge is 2.25. The van der Waals surface area contributed by atoms with Crippen LogP contribution in [0, 0.1) is 23.3 Å². The van der Waals surface area contributed by atoms with Crippen LogP contribution >= 0.6 is 0 Å². The van der Waals surface area contributed by atoms with Gasteiger partial charge >= 0.3 is 0 Å². The molecule has 0 radical (unpaired) electrons. The highest BCUT2D eigenvalue weighted by Crippen LogP contribution is 2.37. The molecule has 0 aliphatic heterocycles. The van der Waals surface area contributed by atoms with Crippen LogP contribution in [0.5, 0.6) is 0 Å². The van der Waals surface area contributed by atoms with Crippen molar-refractivity contribution in [2.75, 3.05) is 0 Å². The zero-order valence-electron chi connectivity index (χ0n) is 16.2. The van der Waals surface area contributed by atoms with Crippen LogP contribution in [0.15, 0.2) is 48.5 Å². The van der Waals surface area contributed by atoms with E-state index in [2.05, 4.69) is 6.92 Å². The summed E-state index contributed by atoms with van der Waals surface area (Å²) in [5.41, 5.74) is 3.34. The number of rotatable bonds is 4. The summed E-state index contributed by atoms with van der Waals surface area (Å²) >= 11 is 0. The third kappa shape index (κ3) is 3.81. The molecule has 1 atom stereocenters. The standard InChI is InChI=1S/C25H22F4/c1-2-4-15-7-10-19(23(27)11-15)17-9-8-16-13-21(24(28)14-18(16)12-17)20-5-3-6-22(26)25(20)29/h3,5-7,10-11,13-14,17H,2,4,8-9,12H2,1H3. The second-order valence-corrected chi connectivity index (χ2v) is 7.75. The Balaban J connectivity index is 1.64. The van der Waals surface area contributed by atoms with E-state index in [-0.39, 0.29) is 22.9 Å². The lowest BCUT2D eigenvalue weighted by Crippen LogP contribution is -2.15. The quantitative estimate of drug-likeness (QED) is 0.410. The van der Waals surface area contributed by atoms with E-state index >= 15 is 0 Å². The molecule has 1 unspecified atom stereocenters. The molecule has 4 heteroatoms. The molecule has 0 nitrogen and oxygen atoms in total. The molecule has 0 amide bonds. The van der Waals surface area contributed by atoms with Crippen LogP contribution in [0.2, 0.25) is 0 Å². The van der Waals surface area contributed by atoms with Gasteiger partial charge < -0.3 is 0 Å². The van der Waals surface area contributed by atoms with E-state index < -0.39 is 17.5 Å². The van der Waals surface area contributed by atoms with E-state index in [1.807, 2.05) is 12.1 Å². The van der Waals surface area contributed by atoms with Gasteiger partial charge in [0.1, 0.15) is 11.6 Å². The molecule has 3 aromatic rings. The van der Waals surface area contributed by atoms with E-state index in [9.17, 15) is 17.6 Å². The molecule has 0 fully saturated rings. The highest BCUT2D eigenvalue weighted by atomic mass is 19.2. The number of halogens is 4. The number of fused-ring (bicyclic) bond motifs is 1. The van der Waals surface area contributed by atoms with Gasteiger partial charge in [-0.15, -0.1) is 0 Å². The lowest BCUT2D eigenvalue weighted by Gasteiger charge is -2.26. The Bertz CT molecular complexity index is 1050. The maximum Gasteiger partial charge on any atom is 0.166 e. The fourth-order valence-electron chi connectivity index (χ4n) is 4.31. The molecule has 0 saturated heterocycles. The second-order valence-electron chi connectivity index (χ2n) is 7.75. The lowest BCUT2D eigenvalue weighted by molar-refractivity contribution is 0.509. The summed E-state index contributed by atoms with van der Waals surface area (Å²) in [6.07, 6.45) is 3.70. The first-order valence-electron chi connectivity index (χ1n) is 10.0. The average molecular weight is 398 g/mol. The minimum atomic E-state index is -1.05. The number of hydrogen-bond donors (Lipinski definition) is 0. The number of aryl methyl sites for hydroxylation is 2. The van der Waals surface area contributed by atoms with Gasteiger partial charge in [-0.25, -0.2) is 17.6 Å². The van der Waals surface area contributed by atoms with Crippen molar-refractivity contribution >= 4 is 0 Å². The summed E-state index contributed by atoms with van der Waals surface area (Å²) < 4.78 is 57.1. The van der Waals surface area contributed by atoms with Gasteiger partial charge in [-0.1, -0.05) is 37.6 Å². The molecule has 0 N–H and O–H groups in total.